The van der Waals surface area contributed by atoms with Crippen molar-refractivity contribution in [3.05, 3.63) is 74.3 Å². The molecule has 0 radical (unpaired) electrons. The van der Waals surface area contributed by atoms with Gasteiger partial charge in [0.1, 0.15) is 0 Å². The third kappa shape index (κ3) is 4.45. The number of para-hydroxylation sites is 1. The Bertz CT molecular complexity index is 1070. The van der Waals surface area contributed by atoms with Gasteiger partial charge in [-0.2, -0.15) is 0 Å². The van der Waals surface area contributed by atoms with Gasteiger partial charge in [-0.15, -0.1) is 11.3 Å². The van der Waals surface area contributed by atoms with Gasteiger partial charge in [-0.1, -0.05) is 29.8 Å². The van der Waals surface area contributed by atoms with Gasteiger partial charge in [0.2, 0.25) is 0 Å². The first-order valence-electron chi connectivity index (χ1n) is 7.29. The number of amides is 1. The number of nitrogens with one attached hydrogen (secondary N) is 2. The maximum absolute atomic E-state index is 12.6. The fraction of sp³-hybridized carbons (Fsp3) is 0. The standard InChI is InChI=1S/C17H12BrClN2O3S2/c18-16-9-8-15(25-16)17(22)20-11-4-3-5-12(10-11)26(23,24)21-14-7-2-1-6-13(14)19/h1-10,21H,(H,20,22). The third-order valence-corrected chi connectivity index (χ3v) is 6.63. The molecule has 0 atom stereocenters. The molecule has 0 saturated heterocycles. The zero-order valence-corrected chi connectivity index (χ0v) is 17.0. The second-order valence-corrected chi connectivity index (χ2v) is 9.72. The molecule has 0 aliphatic carbocycles. The highest BCUT2D eigenvalue weighted by molar-refractivity contribution is 9.11. The lowest BCUT2D eigenvalue weighted by Crippen LogP contribution is -2.14. The predicted molar refractivity (Wildman–Crippen MR) is 109 cm³/mol. The third-order valence-electron chi connectivity index (χ3n) is 3.32. The number of halogens is 2. The molecule has 0 bridgehead atoms. The van der Waals surface area contributed by atoms with Crippen LogP contribution in [0.25, 0.3) is 0 Å². The quantitative estimate of drug-likeness (QED) is 0.536. The molecule has 1 heterocycles. The molecule has 134 valence electrons. The van der Waals surface area contributed by atoms with E-state index in [0.717, 1.165) is 3.79 Å². The molecule has 5 nitrogen and oxygen atoms in total. The summed E-state index contributed by atoms with van der Waals surface area (Å²) >= 11 is 10.6. The Morgan fingerprint density at radius 2 is 1.81 bits per heavy atom. The number of sulfonamides is 1. The van der Waals surface area contributed by atoms with Crippen LogP contribution in [0.3, 0.4) is 0 Å². The van der Waals surface area contributed by atoms with Crippen LogP contribution in [0.1, 0.15) is 9.67 Å². The first-order valence-corrected chi connectivity index (χ1v) is 10.8. The van der Waals surface area contributed by atoms with Gasteiger partial charge in [-0.3, -0.25) is 9.52 Å². The van der Waals surface area contributed by atoms with Gasteiger partial charge < -0.3 is 5.32 Å². The summed E-state index contributed by atoms with van der Waals surface area (Å²) in [4.78, 5) is 12.7. The van der Waals surface area contributed by atoms with Crippen molar-refractivity contribution in [1.82, 2.24) is 0 Å². The Hall–Kier alpha value is -1.87. The highest BCUT2D eigenvalue weighted by Gasteiger charge is 2.17. The van der Waals surface area contributed by atoms with E-state index >= 15 is 0 Å². The highest BCUT2D eigenvalue weighted by atomic mass is 79.9. The van der Waals surface area contributed by atoms with Crippen molar-refractivity contribution in [2.45, 2.75) is 4.90 Å². The van der Waals surface area contributed by atoms with Crippen LogP contribution >= 0.6 is 38.9 Å². The van der Waals surface area contributed by atoms with E-state index in [1.165, 1.54) is 23.5 Å². The van der Waals surface area contributed by atoms with Crippen LogP contribution in [0, 0.1) is 0 Å². The van der Waals surface area contributed by atoms with Crippen molar-refractivity contribution in [1.29, 1.82) is 0 Å². The minimum absolute atomic E-state index is 0.0163. The Morgan fingerprint density at radius 1 is 1.04 bits per heavy atom. The molecule has 2 aromatic carbocycles. The second kappa shape index (κ2) is 7.79. The second-order valence-electron chi connectivity index (χ2n) is 5.17. The molecule has 3 rings (SSSR count). The van der Waals surface area contributed by atoms with Crippen LogP contribution in [0.15, 0.2) is 69.3 Å². The first-order chi connectivity index (χ1) is 12.3. The summed E-state index contributed by atoms with van der Waals surface area (Å²) in [5.41, 5.74) is 0.661. The van der Waals surface area contributed by atoms with Crippen LogP contribution in [-0.4, -0.2) is 14.3 Å². The van der Waals surface area contributed by atoms with Crippen LogP contribution in [0.4, 0.5) is 11.4 Å². The number of anilines is 2. The fourth-order valence-electron chi connectivity index (χ4n) is 2.12. The van der Waals surface area contributed by atoms with Crippen molar-refractivity contribution in [2.24, 2.45) is 0 Å². The normalized spacial score (nSPS) is 11.2. The molecule has 3 aromatic rings. The van der Waals surface area contributed by atoms with E-state index in [2.05, 4.69) is 26.0 Å². The van der Waals surface area contributed by atoms with Gasteiger partial charge in [0, 0.05) is 5.69 Å². The molecular formula is C17H12BrClN2O3S2. The maximum Gasteiger partial charge on any atom is 0.265 e. The Morgan fingerprint density at radius 3 is 2.50 bits per heavy atom. The number of thiophene rings is 1. The molecular weight excluding hydrogens is 460 g/mol. The van der Waals surface area contributed by atoms with Gasteiger partial charge in [0.25, 0.3) is 15.9 Å². The molecule has 1 aromatic heterocycles. The smallest absolute Gasteiger partial charge is 0.265 e. The first kappa shape index (κ1) is 18.9. The number of carbonyl (C=O) groups is 1. The summed E-state index contributed by atoms with van der Waals surface area (Å²) in [6.45, 7) is 0. The largest absolute Gasteiger partial charge is 0.321 e. The molecule has 0 aliphatic heterocycles. The molecule has 0 aliphatic rings. The molecule has 9 heteroatoms. The minimum atomic E-state index is -3.85. The molecule has 26 heavy (non-hydrogen) atoms. The zero-order valence-electron chi connectivity index (χ0n) is 13.1. The summed E-state index contributed by atoms with van der Waals surface area (Å²) < 4.78 is 28.4. The van der Waals surface area contributed by atoms with E-state index in [0.29, 0.717) is 15.6 Å². The summed E-state index contributed by atoms with van der Waals surface area (Å²) in [5, 5.41) is 2.99. The summed E-state index contributed by atoms with van der Waals surface area (Å²) in [5.74, 6) is -0.311. The minimum Gasteiger partial charge on any atom is -0.321 e. The lowest BCUT2D eigenvalue weighted by molar-refractivity contribution is 0.103. The van der Waals surface area contributed by atoms with E-state index in [1.54, 1.807) is 48.5 Å². The number of benzene rings is 2. The number of hydrogen-bond donors (Lipinski definition) is 2. The average molecular weight is 472 g/mol. The number of rotatable bonds is 5. The molecule has 1 amide bonds. The zero-order chi connectivity index (χ0) is 18.7. The highest BCUT2D eigenvalue weighted by Crippen LogP contribution is 2.26. The van der Waals surface area contributed by atoms with Gasteiger partial charge in [0.05, 0.1) is 24.3 Å². The summed E-state index contributed by atoms with van der Waals surface area (Å²) in [7, 11) is -3.85. The molecule has 0 saturated carbocycles. The van der Waals surface area contributed by atoms with Gasteiger partial charge in [-0.05, 0) is 58.4 Å². The van der Waals surface area contributed by atoms with E-state index in [1.807, 2.05) is 0 Å². The average Bonchev–Trinajstić information content (AvgIpc) is 3.04. The molecule has 0 unspecified atom stereocenters. The maximum atomic E-state index is 12.6. The topological polar surface area (TPSA) is 75.3 Å². The van der Waals surface area contributed by atoms with Crippen molar-refractivity contribution in [2.75, 3.05) is 10.0 Å². The summed E-state index contributed by atoms with van der Waals surface area (Å²) in [6, 6.07) is 16.0. The molecule has 0 spiro atoms. The Kier molecular flexibility index (Phi) is 5.67. The van der Waals surface area contributed by atoms with Crippen LogP contribution in [0.2, 0.25) is 5.02 Å². The lowest BCUT2D eigenvalue weighted by atomic mass is 10.3. The Labute approximate surface area is 168 Å². The Balaban J connectivity index is 1.82. The van der Waals surface area contributed by atoms with Crippen LogP contribution in [-0.2, 0) is 10.0 Å². The lowest BCUT2D eigenvalue weighted by Gasteiger charge is -2.11. The van der Waals surface area contributed by atoms with E-state index in [4.69, 9.17) is 11.6 Å². The van der Waals surface area contributed by atoms with Crippen LogP contribution < -0.4 is 10.0 Å². The number of hydrogen-bond acceptors (Lipinski definition) is 4. The number of carbonyl (C=O) groups excluding carboxylic acids is 1. The molecule has 0 fully saturated rings. The van der Waals surface area contributed by atoms with Crippen molar-refractivity contribution < 1.29 is 13.2 Å². The van der Waals surface area contributed by atoms with Crippen molar-refractivity contribution in [3.63, 3.8) is 0 Å². The predicted octanol–water partition coefficient (Wildman–Crippen LogP) is 5.22. The van der Waals surface area contributed by atoms with E-state index in [-0.39, 0.29) is 16.5 Å². The van der Waals surface area contributed by atoms with E-state index < -0.39 is 10.0 Å². The van der Waals surface area contributed by atoms with Crippen molar-refractivity contribution >= 4 is 66.2 Å². The SMILES string of the molecule is O=C(Nc1cccc(S(=O)(=O)Nc2ccccc2Cl)c1)c1ccc(Br)s1. The fourth-order valence-corrected chi connectivity index (χ4v) is 4.76. The van der Waals surface area contributed by atoms with Crippen molar-refractivity contribution in [3.8, 4) is 0 Å². The summed E-state index contributed by atoms with van der Waals surface area (Å²) in [6.07, 6.45) is 0. The van der Waals surface area contributed by atoms with E-state index in [9.17, 15) is 13.2 Å². The van der Waals surface area contributed by atoms with Gasteiger partial charge in [-0.25, -0.2) is 8.42 Å². The van der Waals surface area contributed by atoms with Crippen LogP contribution in [0.5, 0.6) is 0 Å². The van der Waals surface area contributed by atoms with Gasteiger partial charge >= 0.3 is 0 Å². The van der Waals surface area contributed by atoms with Gasteiger partial charge in [0.15, 0.2) is 0 Å². The molecule has 2 N–H and O–H groups in total. The monoisotopic (exact) mass is 470 g/mol.